The first-order valence-corrected chi connectivity index (χ1v) is 9.15. The van der Waals surface area contributed by atoms with Crippen LogP contribution in [0.4, 0.5) is 10.5 Å². The van der Waals surface area contributed by atoms with Gasteiger partial charge >= 0.3 is 12.0 Å². The van der Waals surface area contributed by atoms with E-state index in [1.54, 1.807) is 23.1 Å². The number of anilines is 1. The van der Waals surface area contributed by atoms with Crippen molar-refractivity contribution in [3.63, 3.8) is 0 Å². The third kappa shape index (κ3) is 5.33. The molecule has 1 atom stereocenters. The Morgan fingerprint density at radius 2 is 1.61 bits per heavy atom. The van der Waals surface area contributed by atoms with E-state index >= 15 is 0 Å². The number of carbonyl (C=O) groups is 3. The largest absolute Gasteiger partial charge is 0.478 e. The Kier molecular flexibility index (Phi) is 7.14. The van der Waals surface area contributed by atoms with Crippen molar-refractivity contribution in [2.75, 3.05) is 18.4 Å². The van der Waals surface area contributed by atoms with Crippen LogP contribution in [0.1, 0.15) is 53.1 Å². The van der Waals surface area contributed by atoms with Gasteiger partial charge in [0, 0.05) is 24.3 Å². The zero-order valence-corrected chi connectivity index (χ0v) is 16.2. The van der Waals surface area contributed by atoms with Crippen LogP contribution >= 0.6 is 0 Å². The van der Waals surface area contributed by atoms with Crippen LogP contribution in [0.3, 0.4) is 0 Å². The van der Waals surface area contributed by atoms with Crippen molar-refractivity contribution in [3.05, 3.63) is 65.2 Å². The summed E-state index contributed by atoms with van der Waals surface area (Å²) < 4.78 is 0. The number of aromatic carboxylic acids is 1. The van der Waals surface area contributed by atoms with E-state index in [4.69, 9.17) is 5.11 Å². The van der Waals surface area contributed by atoms with Crippen LogP contribution in [0.25, 0.3) is 0 Å². The summed E-state index contributed by atoms with van der Waals surface area (Å²) >= 11 is 0. The number of nitrogens with zero attached hydrogens (tertiary/aromatic N) is 1. The van der Waals surface area contributed by atoms with E-state index in [1.165, 1.54) is 18.2 Å². The molecule has 0 heterocycles. The number of carboxylic acid groups (broad SMARTS) is 1. The molecule has 28 heavy (non-hydrogen) atoms. The molecule has 1 unspecified atom stereocenters. The molecule has 0 aliphatic carbocycles. The number of hydrogen-bond donors (Lipinski definition) is 3. The molecule has 148 valence electrons. The van der Waals surface area contributed by atoms with Gasteiger partial charge in [0.2, 0.25) is 0 Å². The Labute approximate surface area is 164 Å². The van der Waals surface area contributed by atoms with Crippen molar-refractivity contribution in [1.82, 2.24) is 10.2 Å². The second-order valence-corrected chi connectivity index (χ2v) is 6.31. The highest BCUT2D eigenvalue weighted by Gasteiger charge is 2.14. The van der Waals surface area contributed by atoms with Crippen molar-refractivity contribution in [2.24, 2.45) is 0 Å². The molecule has 0 aliphatic rings. The molecule has 0 aromatic heterocycles. The summed E-state index contributed by atoms with van der Waals surface area (Å²) in [5, 5.41) is 14.7. The molecule has 0 spiro atoms. The first-order valence-electron chi connectivity index (χ1n) is 9.15. The minimum atomic E-state index is -1.08. The standard InChI is InChI=1S/C21H25N3O4/c1-4-24(5-2)21(28)23-18-11-9-15(10-12-18)14(3)22-19(25)16-7-6-8-17(13-16)20(26)27/h6-14H,4-5H2,1-3H3,(H,22,25)(H,23,28)(H,26,27). The third-order valence-electron chi connectivity index (χ3n) is 4.43. The zero-order valence-electron chi connectivity index (χ0n) is 16.2. The first kappa shape index (κ1) is 21.0. The van der Waals surface area contributed by atoms with E-state index in [1.807, 2.05) is 32.9 Å². The van der Waals surface area contributed by atoms with Gasteiger partial charge in [0.05, 0.1) is 11.6 Å². The molecule has 0 fully saturated rings. The molecule has 0 saturated carbocycles. The average molecular weight is 383 g/mol. The van der Waals surface area contributed by atoms with Crippen molar-refractivity contribution < 1.29 is 19.5 Å². The smallest absolute Gasteiger partial charge is 0.335 e. The molecule has 7 heteroatoms. The number of nitrogens with one attached hydrogen (secondary N) is 2. The van der Waals surface area contributed by atoms with Gasteiger partial charge in [0.15, 0.2) is 0 Å². The SMILES string of the molecule is CCN(CC)C(=O)Nc1ccc(C(C)NC(=O)c2cccc(C(=O)O)c2)cc1. The molecule has 2 aromatic carbocycles. The molecule has 0 saturated heterocycles. The number of carboxylic acids is 1. The zero-order chi connectivity index (χ0) is 20.7. The molecule has 2 rings (SSSR count). The van der Waals surface area contributed by atoms with Gasteiger partial charge < -0.3 is 20.6 Å². The van der Waals surface area contributed by atoms with Gasteiger partial charge in [-0.05, 0) is 56.7 Å². The first-order chi connectivity index (χ1) is 13.3. The lowest BCUT2D eigenvalue weighted by molar-refractivity contribution is 0.0697. The topological polar surface area (TPSA) is 98.7 Å². The quantitative estimate of drug-likeness (QED) is 0.678. The Balaban J connectivity index is 2.01. The van der Waals surface area contributed by atoms with Crippen LogP contribution in [0.5, 0.6) is 0 Å². The maximum absolute atomic E-state index is 12.4. The van der Waals surface area contributed by atoms with Crippen molar-refractivity contribution in [2.45, 2.75) is 26.8 Å². The van der Waals surface area contributed by atoms with E-state index < -0.39 is 5.97 Å². The minimum absolute atomic E-state index is 0.0635. The molecule has 2 aromatic rings. The number of amides is 3. The van der Waals surface area contributed by atoms with Crippen LogP contribution in [-0.4, -0.2) is 41.0 Å². The van der Waals surface area contributed by atoms with Crippen molar-refractivity contribution >= 4 is 23.6 Å². The highest BCUT2D eigenvalue weighted by Crippen LogP contribution is 2.17. The Hall–Kier alpha value is -3.35. The van der Waals surface area contributed by atoms with E-state index in [-0.39, 0.29) is 29.1 Å². The lowest BCUT2D eigenvalue weighted by atomic mass is 10.1. The van der Waals surface area contributed by atoms with Gasteiger partial charge in [0.25, 0.3) is 5.91 Å². The molecule has 7 nitrogen and oxygen atoms in total. The second kappa shape index (κ2) is 9.55. The highest BCUT2D eigenvalue weighted by molar-refractivity contribution is 5.97. The van der Waals surface area contributed by atoms with Gasteiger partial charge in [-0.1, -0.05) is 18.2 Å². The maximum atomic E-state index is 12.4. The predicted molar refractivity (Wildman–Crippen MR) is 108 cm³/mol. The van der Waals surface area contributed by atoms with E-state index in [0.29, 0.717) is 18.8 Å². The van der Waals surface area contributed by atoms with Crippen LogP contribution in [-0.2, 0) is 0 Å². The predicted octanol–water partition coefficient (Wildman–Crippen LogP) is 3.75. The van der Waals surface area contributed by atoms with Crippen molar-refractivity contribution in [1.29, 1.82) is 0 Å². The monoisotopic (exact) mass is 383 g/mol. The minimum Gasteiger partial charge on any atom is -0.478 e. The fraction of sp³-hybridized carbons (Fsp3) is 0.286. The molecule has 0 radical (unpaired) electrons. The molecular weight excluding hydrogens is 358 g/mol. The van der Waals surface area contributed by atoms with Gasteiger partial charge in [0.1, 0.15) is 0 Å². The van der Waals surface area contributed by atoms with E-state index in [0.717, 1.165) is 5.56 Å². The van der Waals surface area contributed by atoms with Crippen LogP contribution in [0, 0.1) is 0 Å². The number of benzene rings is 2. The number of rotatable bonds is 7. The average Bonchev–Trinajstić information content (AvgIpc) is 2.69. The summed E-state index contributed by atoms with van der Waals surface area (Å²) in [5.74, 6) is -1.43. The van der Waals surface area contributed by atoms with Gasteiger partial charge in [-0.2, -0.15) is 0 Å². The fourth-order valence-corrected chi connectivity index (χ4v) is 2.73. The lowest BCUT2D eigenvalue weighted by Crippen LogP contribution is -2.34. The summed E-state index contributed by atoms with van der Waals surface area (Å²) in [7, 11) is 0. The second-order valence-electron chi connectivity index (χ2n) is 6.31. The Morgan fingerprint density at radius 3 is 2.18 bits per heavy atom. The summed E-state index contributed by atoms with van der Waals surface area (Å²) in [6.07, 6.45) is 0. The number of hydrogen-bond acceptors (Lipinski definition) is 3. The summed E-state index contributed by atoms with van der Waals surface area (Å²) in [5.41, 5.74) is 1.89. The molecule has 3 N–H and O–H groups in total. The molecule has 0 aliphatic heterocycles. The summed E-state index contributed by atoms with van der Waals surface area (Å²) in [6.45, 7) is 6.94. The Morgan fingerprint density at radius 1 is 1.00 bits per heavy atom. The van der Waals surface area contributed by atoms with E-state index in [9.17, 15) is 14.4 Å². The van der Waals surface area contributed by atoms with Gasteiger partial charge in [-0.15, -0.1) is 0 Å². The lowest BCUT2D eigenvalue weighted by Gasteiger charge is -2.19. The molecular formula is C21H25N3O4. The Bertz CT molecular complexity index is 845. The van der Waals surface area contributed by atoms with Crippen LogP contribution in [0.2, 0.25) is 0 Å². The summed E-state index contributed by atoms with van der Waals surface area (Å²) in [6, 6.07) is 12.7. The van der Waals surface area contributed by atoms with Crippen LogP contribution in [0.15, 0.2) is 48.5 Å². The van der Waals surface area contributed by atoms with Gasteiger partial charge in [-0.25, -0.2) is 9.59 Å². The fourth-order valence-electron chi connectivity index (χ4n) is 2.73. The highest BCUT2D eigenvalue weighted by atomic mass is 16.4. The molecule has 3 amide bonds. The number of carbonyl (C=O) groups excluding carboxylic acids is 2. The van der Waals surface area contributed by atoms with Crippen LogP contribution < -0.4 is 10.6 Å². The van der Waals surface area contributed by atoms with E-state index in [2.05, 4.69) is 10.6 Å². The van der Waals surface area contributed by atoms with Gasteiger partial charge in [-0.3, -0.25) is 4.79 Å². The van der Waals surface area contributed by atoms with Crippen molar-refractivity contribution in [3.8, 4) is 0 Å². The normalized spacial score (nSPS) is 11.4. The third-order valence-corrected chi connectivity index (χ3v) is 4.43. The maximum Gasteiger partial charge on any atom is 0.335 e. The number of urea groups is 1. The molecule has 0 bridgehead atoms. The summed E-state index contributed by atoms with van der Waals surface area (Å²) in [4.78, 5) is 37.2.